The number of carbonyl (C=O) groups is 4. The zero-order valence-electron chi connectivity index (χ0n) is 43.5. The number of hydrogen-bond acceptors (Lipinski definition) is 20. The predicted octanol–water partition coefficient (Wildman–Crippen LogP) is 1.49. The molecule has 8 heterocycles. The maximum Gasteiger partial charge on any atom is 0.409 e. The van der Waals surface area contributed by atoms with E-state index in [-0.39, 0.29) is 47.4 Å². The molecule has 0 aromatic carbocycles. The molecule has 8 unspecified atom stereocenters. The quantitative estimate of drug-likeness (QED) is 0.0566. The minimum atomic E-state index is -1.41. The number of rotatable bonds is 12. The predicted molar refractivity (Wildman–Crippen MR) is 288 cm³/mol. The summed E-state index contributed by atoms with van der Waals surface area (Å²) in [6.45, 7) is 4.05. The van der Waals surface area contributed by atoms with Gasteiger partial charge >= 0.3 is 12.2 Å². The van der Waals surface area contributed by atoms with Gasteiger partial charge in [-0.3, -0.25) is 18.7 Å². The van der Waals surface area contributed by atoms with Gasteiger partial charge in [-0.05, 0) is 107 Å². The fraction of sp³-hybridized carbons (Fsp3) is 0.654. The van der Waals surface area contributed by atoms with Crippen molar-refractivity contribution in [3.8, 4) is 24.2 Å². The summed E-state index contributed by atoms with van der Waals surface area (Å²) in [5.74, 6) is 10.6. The molecule has 0 radical (unpaired) electrons. The number of terminal acetylenes is 1. The molecule has 26 nitrogen and oxygen atoms in total. The van der Waals surface area contributed by atoms with Crippen molar-refractivity contribution in [1.29, 1.82) is 0 Å². The molecule has 8 fully saturated rings. The van der Waals surface area contributed by atoms with Crippen LogP contribution in [0.15, 0.2) is 12.7 Å². The number of piperidine rings is 2. The summed E-state index contributed by atoms with van der Waals surface area (Å²) < 4.78 is 25.3. The molecule has 10 N–H and O–H groups in total. The molecule has 12 rings (SSSR count). The second kappa shape index (κ2) is 24.7. The van der Waals surface area contributed by atoms with Crippen molar-refractivity contribution in [2.45, 2.75) is 151 Å². The third-order valence-corrected chi connectivity index (χ3v) is 15.8. The smallest absolute Gasteiger partial charge is 0.409 e. The van der Waals surface area contributed by atoms with Crippen LogP contribution in [0.3, 0.4) is 0 Å². The first kappa shape index (κ1) is 56.1. The molecular formula is C52H67IN14O12. The van der Waals surface area contributed by atoms with Crippen LogP contribution in [0.5, 0.6) is 0 Å². The Balaban J connectivity index is 0.000000149. The number of fused-ring (bicyclic) bond motifs is 2. The Kier molecular flexibility index (Phi) is 17.5. The summed E-state index contributed by atoms with van der Waals surface area (Å²) in [4.78, 5) is 77.4. The van der Waals surface area contributed by atoms with Crippen LogP contribution in [-0.4, -0.2) is 181 Å². The number of likely N-dealkylation sites (tertiary alicyclic amines) is 2. The second-order valence-corrected chi connectivity index (χ2v) is 22.7. The molecule has 4 aromatic rings. The van der Waals surface area contributed by atoms with Crippen LogP contribution in [0.1, 0.15) is 108 Å². The van der Waals surface area contributed by atoms with Crippen LogP contribution < -0.4 is 22.1 Å². The van der Waals surface area contributed by atoms with Crippen LogP contribution in [0.4, 0.5) is 21.2 Å². The molecule has 4 saturated carbocycles. The van der Waals surface area contributed by atoms with Crippen LogP contribution >= 0.6 is 22.6 Å². The molecule has 0 spiro atoms. The van der Waals surface area contributed by atoms with E-state index in [1.807, 2.05) is 27.5 Å². The first-order valence-corrected chi connectivity index (χ1v) is 28.2. The van der Waals surface area contributed by atoms with E-state index in [0.717, 1.165) is 83.7 Å². The summed E-state index contributed by atoms with van der Waals surface area (Å²) in [7, 11) is 0. The van der Waals surface area contributed by atoms with Crippen LogP contribution in [-0.2, 0) is 28.5 Å². The van der Waals surface area contributed by atoms with Crippen LogP contribution in [0, 0.1) is 51.7 Å². The fourth-order valence-corrected chi connectivity index (χ4v) is 10.2. The van der Waals surface area contributed by atoms with Crippen molar-refractivity contribution < 1.29 is 58.6 Å². The van der Waals surface area contributed by atoms with Gasteiger partial charge in [0.1, 0.15) is 35.4 Å². The lowest BCUT2D eigenvalue weighted by molar-refractivity contribution is -0.138. The first-order chi connectivity index (χ1) is 38.1. The Labute approximate surface area is 468 Å². The zero-order valence-corrected chi connectivity index (χ0v) is 45.7. The van der Waals surface area contributed by atoms with Gasteiger partial charge < -0.3 is 71.3 Å². The average molecular weight is 1210 g/mol. The van der Waals surface area contributed by atoms with Gasteiger partial charge in [0.05, 0.1) is 25.9 Å². The highest BCUT2D eigenvalue weighted by atomic mass is 127. The first-order valence-electron chi connectivity index (χ1n) is 27.2. The minimum Gasteiger partial charge on any atom is -0.449 e. The molecule has 4 aliphatic carbocycles. The van der Waals surface area contributed by atoms with Gasteiger partial charge in [-0.25, -0.2) is 39.5 Å². The Morgan fingerprint density at radius 3 is 1.51 bits per heavy atom. The van der Waals surface area contributed by atoms with E-state index < -0.39 is 60.9 Å². The van der Waals surface area contributed by atoms with E-state index in [0.29, 0.717) is 76.9 Å². The topological polar surface area (TPSA) is 356 Å². The Morgan fingerprint density at radius 2 is 1.06 bits per heavy atom. The maximum absolute atomic E-state index is 12.5. The van der Waals surface area contributed by atoms with Crippen molar-refractivity contribution in [2.24, 2.45) is 23.7 Å². The van der Waals surface area contributed by atoms with E-state index in [2.05, 4.69) is 58.3 Å². The number of aromatic nitrogens is 8. The largest absolute Gasteiger partial charge is 0.449 e. The number of nitrogens with one attached hydrogen (secondary N) is 2. The molecule has 4 aromatic heterocycles. The van der Waals surface area contributed by atoms with Crippen molar-refractivity contribution in [1.82, 2.24) is 59.5 Å². The van der Waals surface area contributed by atoms with Gasteiger partial charge in [0, 0.05) is 73.7 Å². The van der Waals surface area contributed by atoms with E-state index in [4.69, 9.17) is 36.8 Å². The summed E-state index contributed by atoms with van der Waals surface area (Å²) in [5.41, 5.74) is 13.3. The van der Waals surface area contributed by atoms with E-state index in [1.54, 1.807) is 4.90 Å². The maximum atomic E-state index is 12.5. The number of nitrogens with zero attached hydrogens (tertiary/aromatic N) is 10. The Hall–Kier alpha value is -6.21. The van der Waals surface area contributed by atoms with Crippen molar-refractivity contribution in [3.05, 3.63) is 22.3 Å². The lowest BCUT2D eigenvalue weighted by atomic mass is 9.94. The van der Waals surface area contributed by atoms with Gasteiger partial charge in [-0.1, -0.05) is 5.92 Å². The van der Waals surface area contributed by atoms with Crippen LogP contribution in [0.2, 0.25) is 0 Å². The average Bonchev–Trinajstić information content (AvgIpc) is 4.35. The van der Waals surface area contributed by atoms with E-state index in [1.165, 1.54) is 34.6 Å². The summed E-state index contributed by atoms with van der Waals surface area (Å²) in [6, 6.07) is 0.223. The van der Waals surface area contributed by atoms with Crippen molar-refractivity contribution in [3.63, 3.8) is 0 Å². The second-order valence-electron chi connectivity index (χ2n) is 21.7. The highest BCUT2D eigenvalue weighted by molar-refractivity contribution is 14.1. The number of anilines is 2. The number of ether oxygens (including phenoxy) is 4. The summed E-state index contributed by atoms with van der Waals surface area (Å²) >= 11 is 1.91. The number of nitrogen functional groups attached to an aromatic ring is 2. The molecule has 4 aliphatic heterocycles. The number of hydrogen-bond donors (Lipinski definition) is 8. The Morgan fingerprint density at radius 1 is 0.620 bits per heavy atom. The van der Waals surface area contributed by atoms with Gasteiger partial charge in [0.2, 0.25) is 5.82 Å². The number of imidazole rings is 2. The molecule has 8 atom stereocenters. The van der Waals surface area contributed by atoms with Crippen molar-refractivity contribution >= 4 is 80.6 Å². The normalized spacial score (nSPS) is 26.9. The summed E-state index contributed by atoms with van der Waals surface area (Å²) in [6.07, 6.45) is 11.4. The minimum absolute atomic E-state index is 0.0910. The third kappa shape index (κ3) is 13.9. The van der Waals surface area contributed by atoms with Gasteiger partial charge in [-0.15, -0.1) is 12.3 Å². The number of aliphatic hydroxyl groups is 4. The lowest BCUT2D eigenvalue weighted by Crippen LogP contribution is -2.43. The third-order valence-electron chi connectivity index (χ3n) is 15.3. The van der Waals surface area contributed by atoms with Gasteiger partial charge in [-0.2, -0.15) is 0 Å². The molecule has 27 heteroatoms. The standard InChI is InChI=1S/C26H33N7O6.C13H15IN6O4.C13H19NO2/c27-22-18-23(33(13-28-18)25-20(35)19(34)21(39-25)24(36)29-16-6-7-16)31-17(30-22)3-1-2-14-8-10-32(11-9-14)26(37)38-12-15-4-5-15;14-13-18-9(15)5-10(19-13)20(3-16-5)12-7(22)6(21)8(24-12)11(23)17-4-1-2-4;1-2-3-11-6-8-14(9-7-11)13(15)16-10-12-4-5-12/h13-16,19-21,25,34-35H,2,4-12H2,(H,29,36)(H2,27,30,31);3-4,6-8,12,21-22H,1-2H2,(H,17,23)(H2,15,18,19);1,11-12H,3-10H2. The molecular weight excluding hydrogens is 1140 g/mol. The lowest BCUT2D eigenvalue weighted by Gasteiger charge is -2.30. The number of carbonyl (C=O) groups excluding carboxylic acids is 4. The van der Waals surface area contributed by atoms with E-state index in [9.17, 15) is 39.6 Å². The highest BCUT2D eigenvalue weighted by Crippen LogP contribution is 2.36. The van der Waals surface area contributed by atoms with E-state index >= 15 is 0 Å². The van der Waals surface area contributed by atoms with Gasteiger partial charge in [0.15, 0.2) is 51.4 Å². The highest BCUT2D eigenvalue weighted by Gasteiger charge is 2.50. The number of nitrogens with two attached hydrogens (primary N) is 2. The molecule has 424 valence electrons. The van der Waals surface area contributed by atoms with Crippen LogP contribution in [0.25, 0.3) is 22.3 Å². The van der Waals surface area contributed by atoms with Gasteiger partial charge in [0.25, 0.3) is 11.8 Å². The SMILES string of the molecule is C#CCC1CCN(C(=O)OCC2CC2)CC1.Nc1nc(C#CCC2CCN(C(=O)OCC3CC3)CC2)nc2c1ncn2C1OC(C(=O)NC2CC2)C(O)C1O.Nc1nc(I)nc2c1ncn2C1OC(C(=O)NC2CC2)C(O)C1O. The van der Waals surface area contributed by atoms with Crippen molar-refractivity contribution in [2.75, 3.05) is 50.9 Å². The zero-order chi connectivity index (χ0) is 55.5. The number of aliphatic hydroxyl groups excluding tert-OH is 4. The molecule has 0 bridgehead atoms. The number of halogens is 1. The monoisotopic (exact) mass is 1210 g/mol. The molecule has 79 heavy (non-hydrogen) atoms. The number of amides is 4. The Bertz CT molecular complexity index is 2970. The molecule has 8 aliphatic rings. The fourth-order valence-electron chi connectivity index (χ4n) is 9.72. The molecule has 4 amide bonds. The summed E-state index contributed by atoms with van der Waals surface area (Å²) in [5, 5.41) is 47.2. The molecule has 4 saturated heterocycles.